The van der Waals surface area contributed by atoms with Gasteiger partial charge in [-0.15, -0.1) is 0 Å². The Hall–Kier alpha value is 0.319. The normalized spacial score (nSPS) is 25.3. The number of hydrogen-bond donors (Lipinski definition) is 0. The SMILES string of the molecule is ClC1(Cl)CC1[Se]c1ccccc1. The van der Waals surface area contributed by atoms with Crippen LogP contribution in [-0.4, -0.2) is 19.3 Å². The quantitative estimate of drug-likeness (QED) is 0.569. The Morgan fingerprint density at radius 3 is 2.33 bits per heavy atom. The van der Waals surface area contributed by atoms with E-state index in [-0.39, 0.29) is 0 Å². The summed E-state index contributed by atoms with van der Waals surface area (Å²) in [7, 11) is 0. The molecule has 12 heavy (non-hydrogen) atoms. The van der Waals surface area contributed by atoms with E-state index in [0.717, 1.165) is 6.42 Å². The molecule has 1 unspecified atom stereocenters. The average molecular weight is 266 g/mol. The number of rotatable bonds is 2. The summed E-state index contributed by atoms with van der Waals surface area (Å²) in [5.41, 5.74) is 0. The molecule has 1 aliphatic rings. The molecule has 0 amide bonds. The zero-order chi connectivity index (χ0) is 8.60. The first-order chi connectivity index (χ1) is 5.68. The second-order valence-electron chi connectivity index (χ2n) is 2.88. The van der Waals surface area contributed by atoms with E-state index in [1.54, 1.807) is 0 Å². The van der Waals surface area contributed by atoms with Crippen LogP contribution in [0.2, 0.25) is 4.82 Å². The summed E-state index contributed by atoms with van der Waals surface area (Å²) < 4.78 is 0.980. The Labute approximate surface area is 88.4 Å². The van der Waals surface area contributed by atoms with E-state index in [1.165, 1.54) is 4.46 Å². The second kappa shape index (κ2) is 3.23. The molecule has 0 aromatic heterocycles. The van der Waals surface area contributed by atoms with Gasteiger partial charge in [0.25, 0.3) is 0 Å². The van der Waals surface area contributed by atoms with Crippen molar-refractivity contribution < 1.29 is 0 Å². The molecule has 2 rings (SSSR count). The predicted octanol–water partition coefficient (Wildman–Crippen LogP) is 2.38. The van der Waals surface area contributed by atoms with Gasteiger partial charge in [-0.2, -0.15) is 0 Å². The predicted molar refractivity (Wildman–Crippen MR) is 54.6 cm³/mol. The van der Waals surface area contributed by atoms with Crippen molar-refractivity contribution in [3.63, 3.8) is 0 Å². The van der Waals surface area contributed by atoms with E-state index in [1.807, 2.05) is 6.07 Å². The first-order valence-electron chi connectivity index (χ1n) is 3.78. The summed E-state index contributed by atoms with van der Waals surface area (Å²) in [5.74, 6) is 0. The van der Waals surface area contributed by atoms with E-state index in [4.69, 9.17) is 23.2 Å². The molecular weight excluding hydrogens is 258 g/mol. The van der Waals surface area contributed by atoms with Crippen LogP contribution in [0.4, 0.5) is 0 Å². The van der Waals surface area contributed by atoms with Gasteiger partial charge in [0.1, 0.15) is 0 Å². The molecule has 0 saturated heterocycles. The van der Waals surface area contributed by atoms with E-state index < -0.39 is 4.33 Å². The van der Waals surface area contributed by atoms with Crippen molar-refractivity contribution in [1.82, 2.24) is 0 Å². The Morgan fingerprint density at radius 2 is 1.83 bits per heavy atom. The first kappa shape index (κ1) is 8.90. The molecule has 1 saturated carbocycles. The van der Waals surface area contributed by atoms with Gasteiger partial charge in [0.2, 0.25) is 0 Å². The standard InChI is InChI=1S/C9H8Cl2Se/c10-9(11)6-8(9)12-7-4-2-1-3-5-7/h1-5,8H,6H2. The van der Waals surface area contributed by atoms with Crippen LogP contribution in [-0.2, 0) is 0 Å². The topological polar surface area (TPSA) is 0 Å². The van der Waals surface area contributed by atoms with Crippen molar-refractivity contribution in [3.05, 3.63) is 30.3 Å². The molecule has 0 spiro atoms. The van der Waals surface area contributed by atoms with E-state index in [0.29, 0.717) is 19.8 Å². The molecule has 0 aliphatic heterocycles. The molecule has 1 aliphatic carbocycles. The zero-order valence-corrected chi connectivity index (χ0v) is 9.56. The summed E-state index contributed by atoms with van der Waals surface area (Å²) >= 11 is 12.3. The van der Waals surface area contributed by atoms with Crippen molar-refractivity contribution in [1.29, 1.82) is 0 Å². The fourth-order valence-corrected chi connectivity index (χ4v) is 4.60. The van der Waals surface area contributed by atoms with Crippen molar-refractivity contribution in [2.45, 2.75) is 15.6 Å². The van der Waals surface area contributed by atoms with Gasteiger partial charge in [0.15, 0.2) is 0 Å². The van der Waals surface area contributed by atoms with Gasteiger partial charge in [0.05, 0.1) is 0 Å². The Balaban J connectivity index is 1.98. The third kappa shape index (κ3) is 1.97. The minimum absolute atomic E-state index is 0.407. The fraction of sp³-hybridized carbons (Fsp3) is 0.333. The molecule has 3 heteroatoms. The zero-order valence-electron chi connectivity index (χ0n) is 6.34. The maximum atomic E-state index is 5.94. The van der Waals surface area contributed by atoms with Crippen molar-refractivity contribution in [3.8, 4) is 0 Å². The molecular formula is C9H8Cl2Se. The van der Waals surface area contributed by atoms with Crippen LogP contribution in [0, 0.1) is 0 Å². The van der Waals surface area contributed by atoms with Gasteiger partial charge >= 0.3 is 88.5 Å². The fourth-order valence-electron chi connectivity index (χ4n) is 0.979. The molecule has 0 nitrogen and oxygen atoms in total. The average Bonchev–Trinajstić information content (AvgIpc) is 2.61. The van der Waals surface area contributed by atoms with E-state index in [9.17, 15) is 0 Å². The van der Waals surface area contributed by atoms with Gasteiger partial charge in [0, 0.05) is 0 Å². The van der Waals surface area contributed by atoms with Crippen LogP contribution in [0.15, 0.2) is 30.3 Å². The molecule has 0 N–H and O–H groups in total. The van der Waals surface area contributed by atoms with Crippen LogP contribution in [0.1, 0.15) is 6.42 Å². The van der Waals surface area contributed by atoms with Crippen LogP contribution in [0.3, 0.4) is 0 Å². The molecule has 64 valence electrons. The van der Waals surface area contributed by atoms with E-state index >= 15 is 0 Å². The third-order valence-corrected chi connectivity index (χ3v) is 6.15. The van der Waals surface area contributed by atoms with Crippen molar-refractivity contribution in [2.24, 2.45) is 0 Å². The van der Waals surface area contributed by atoms with E-state index in [2.05, 4.69) is 24.3 Å². The van der Waals surface area contributed by atoms with Gasteiger partial charge < -0.3 is 0 Å². The van der Waals surface area contributed by atoms with Crippen molar-refractivity contribution >= 4 is 42.6 Å². The van der Waals surface area contributed by atoms with Gasteiger partial charge in [-0.1, -0.05) is 0 Å². The Bertz CT molecular complexity index is 271. The molecule has 1 fully saturated rings. The maximum absolute atomic E-state index is 5.94. The number of alkyl halides is 2. The van der Waals surface area contributed by atoms with Crippen LogP contribution < -0.4 is 4.46 Å². The van der Waals surface area contributed by atoms with Crippen LogP contribution in [0.5, 0.6) is 0 Å². The van der Waals surface area contributed by atoms with Crippen molar-refractivity contribution in [2.75, 3.05) is 0 Å². The monoisotopic (exact) mass is 266 g/mol. The molecule has 1 aromatic carbocycles. The van der Waals surface area contributed by atoms with Crippen LogP contribution in [0.25, 0.3) is 0 Å². The Kier molecular flexibility index (Phi) is 2.39. The molecule has 1 aromatic rings. The molecule has 0 heterocycles. The van der Waals surface area contributed by atoms with Gasteiger partial charge in [-0.3, -0.25) is 0 Å². The molecule has 1 atom stereocenters. The summed E-state index contributed by atoms with van der Waals surface area (Å²) in [6, 6.07) is 10.4. The summed E-state index contributed by atoms with van der Waals surface area (Å²) in [4.78, 5) is 0.524. The number of halogens is 2. The third-order valence-electron chi connectivity index (χ3n) is 1.79. The first-order valence-corrected chi connectivity index (χ1v) is 6.38. The summed E-state index contributed by atoms with van der Waals surface area (Å²) in [5, 5.41) is 0. The molecule has 0 bridgehead atoms. The number of hydrogen-bond acceptors (Lipinski definition) is 0. The Morgan fingerprint density at radius 1 is 1.25 bits per heavy atom. The molecule has 0 radical (unpaired) electrons. The number of benzene rings is 1. The van der Waals surface area contributed by atoms with Gasteiger partial charge in [-0.05, 0) is 0 Å². The second-order valence-corrected chi connectivity index (χ2v) is 7.10. The van der Waals surface area contributed by atoms with Gasteiger partial charge in [-0.25, -0.2) is 0 Å². The van der Waals surface area contributed by atoms with Crippen LogP contribution >= 0.6 is 23.2 Å². The minimum atomic E-state index is -0.407. The summed E-state index contributed by atoms with van der Waals surface area (Å²) in [6.45, 7) is 0. The summed E-state index contributed by atoms with van der Waals surface area (Å²) in [6.07, 6.45) is 0.963.